The Labute approximate surface area is 92.3 Å². The molecule has 86 valence electrons. The molecule has 1 fully saturated rings. The Bertz CT molecular complexity index is 229. The lowest BCUT2D eigenvalue weighted by atomic mass is 9.77. The first-order valence-corrected chi connectivity index (χ1v) is 6.28. The molecule has 1 saturated carbocycles. The third-order valence-corrected chi connectivity index (χ3v) is 3.66. The zero-order valence-electron chi connectivity index (χ0n) is 9.61. The first kappa shape index (κ1) is 11.2. The molecule has 2 nitrogen and oxygen atoms in total. The van der Waals surface area contributed by atoms with Crippen LogP contribution in [0.4, 0.5) is 0 Å². The lowest BCUT2D eigenvalue weighted by Crippen LogP contribution is -2.33. The molecular weight excluding hydrogens is 188 g/mol. The molecular formula is C13H22O2. The minimum Gasteiger partial charge on any atom is -0.389 e. The highest BCUT2D eigenvalue weighted by Crippen LogP contribution is 2.35. The molecule has 0 amide bonds. The van der Waals surface area contributed by atoms with Crippen molar-refractivity contribution in [2.24, 2.45) is 5.92 Å². The van der Waals surface area contributed by atoms with Crippen molar-refractivity contribution in [3.05, 3.63) is 11.6 Å². The first-order chi connectivity index (χ1) is 7.29. The lowest BCUT2D eigenvalue weighted by molar-refractivity contribution is -0.0350. The highest BCUT2D eigenvalue weighted by atomic mass is 16.5. The highest BCUT2D eigenvalue weighted by Gasteiger charge is 2.31. The molecule has 0 aromatic rings. The molecule has 0 bridgehead atoms. The minimum atomic E-state index is -0.167. The van der Waals surface area contributed by atoms with Crippen LogP contribution in [0, 0.1) is 5.92 Å². The topological polar surface area (TPSA) is 29.5 Å². The molecule has 0 aromatic heterocycles. The van der Waals surface area contributed by atoms with E-state index in [2.05, 4.69) is 6.08 Å². The van der Waals surface area contributed by atoms with Crippen LogP contribution in [0.5, 0.6) is 0 Å². The molecule has 2 rings (SSSR count). The van der Waals surface area contributed by atoms with Gasteiger partial charge in [-0.3, -0.25) is 0 Å². The van der Waals surface area contributed by atoms with Gasteiger partial charge in [-0.1, -0.05) is 6.08 Å². The van der Waals surface area contributed by atoms with Crippen LogP contribution in [-0.4, -0.2) is 23.9 Å². The summed E-state index contributed by atoms with van der Waals surface area (Å²) in [7, 11) is 0. The van der Waals surface area contributed by atoms with E-state index in [1.165, 1.54) is 18.4 Å². The second-order valence-corrected chi connectivity index (χ2v) is 4.84. The number of rotatable bonds is 5. The van der Waals surface area contributed by atoms with Crippen molar-refractivity contribution in [1.82, 2.24) is 0 Å². The fourth-order valence-electron chi connectivity index (χ4n) is 2.70. The van der Waals surface area contributed by atoms with Gasteiger partial charge in [0.15, 0.2) is 0 Å². The summed E-state index contributed by atoms with van der Waals surface area (Å²) in [5.41, 5.74) is 1.29. The maximum atomic E-state index is 9.99. The predicted molar refractivity (Wildman–Crippen MR) is 60.7 cm³/mol. The molecule has 1 unspecified atom stereocenters. The average molecular weight is 210 g/mol. The summed E-state index contributed by atoms with van der Waals surface area (Å²) < 4.78 is 5.52. The molecule has 0 saturated heterocycles. The number of aliphatic hydroxyl groups is 1. The van der Waals surface area contributed by atoms with Gasteiger partial charge in [0.2, 0.25) is 0 Å². The molecule has 1 atom stereocenters. The van der Waals surface area contributed by atoms with E-state index < -0.39 is 0 Å². The van der Waals surface area contributed by atoms with Crippen LogP contribution in [0.2, 0.25) is 0 Å². The van der Waals surface area contributed by atoms with Crippen LogP contribution >= 0.6 is 0 Å². The smallest absolute Gasteiger partial charge is 0.0752 e. The Morgan fingerprint density at radius 2 is 2.33 bits per heavy atom. The van der Waals surface area contributed by atoms with E-state index in [4.69, 9.17) is 4.74 Å². The number of aliphatic hydroxyl groups excluding tert-OH is 1. The van der Waals surface area contributed by atoms with Crippen molar-refractivity contribution in [1.29, 1.82) is 0 Å². The zero-order chi connectivity index (χ0) is 10.7. The maximum absolute atomic E-state index is 9.99. The van der Waals surface area contributed by atoms with E-state index in [-0.39, 0.29) is 6.10 Å². The SMILES string of the molecule is CCOC1CC(CC(O)C2=CCCC2)C1. The summed E-state index contributed by atoms with van der Waals surface area (Å²) >= 11 is 0. The van der Waals surface area contributed by atoms with Crippen LogP contribution in [0.1, 0.15) is 45.4 Å². The van der Waals surface area contributed by atoms with Crippen molar-refractivity contribution < 1.29 is 9.84 Å². The quantitative estimate of drug-likeness (QED) is 0.707. The minimum absolute atomic E-state index is 0.167. The van der Waals surface area contributed by atoms with Crippen molar-refractivity contribution in [3.8, 4) is 0 Å². The van der Waals surface area contributed by atoms with Gasteiger partial charge in [-0.25, -0.2) is 0 Å². The Morgan fingerprint density at radius 1 is 1.53 bits per heavy atom. The summed E-state index contributed by atoms with van der Waals surface area (Å²) in [6.45, 7) is 2.87. The standard InChI is InChI=1S/C13H22O2/c1-2-15-12-7-10(8-12)9-13(14)11-5-3-4-6-11/h5,10,12-14H,2-4,6-9H2,1H3. The van der Waals surface area contributed by atoms with Crippen LogP contribution in [0.3, 0.4) is 0 Å². The van der Waals surface area contributed by atoms with Gasteiger partial charge in [-0.15, -0.1) is 0 Å². The third kappa shape index (κ3) is 2.82. The van der Waals surface area contributed by atoms with Crippen LogP contribution in [-0.2, 0) is 4.74 Å². The Kier molecular flexibility index (Phi) is 3.81. The molecule has 0 heterocycles. The van der Waals surface area contributed by atoms with Gasteiger partial charge >= 0.3 is 0 Å². The molecule has 2 aliphatic carbocycles. The monoisotopic (exact) mass is 210 g/mol. The van der Waals surface area contributed by atoms with Crippen LogP contribution in [0.25, 0.3) is 0 Å². The molecule has 2 aliphatic rings. The fraction of sp³-hybridized carbons (Fsp3) is 0.846. The largest absolute Gasteiger partial charge is 0.389 e. The summed E-state index contributed by atoms with van der Waals surface area (Å²) in [6, 6.07) is 0. The fourth-order valence-corrected chi connectivity index (χ4v) is 2.70. The summed E-state index contributed by atoms with van der Waals surface area (Å²) in [5, 5.41) is 9.99. The van der Waals surface area contributed by atoms with Gasteiger partial charge in [-0.2, -0.15) is 0 Å². The number of hydrogen-bond acceptors (Lipinski definition) is 2. The summed E-state index contributed by atoms with van der Waals surface area (Å²) in [6.07, 6.45) is 9.31. The summed E-state index contributed by atoms with van der Waals surface area (Å²) in [5.74, 6) is 0.693. The summed E-state index contributed by atoms with van der Waals surface area (Å²) in [4.78, 5) is 0. The van der Waals surface area contributed by atoms with Gasteiger partial charge < -0.3 is 9.84 Å². The van der Waals surface area contributed by atoms with Gasteiger partial charge in [0.05, 0.1) is 12.2 Å². The van der Waals surface area contributed by atoms with Gasteiger partial charge in [0.1, 0.15) is 0 Å². The van der Waals surface area contributed by atoms with Crippen molar-refractivity contribution in [3.63, 3.8) is 0 Å². The zero-order valence-corrected chi connectivity index (χ0v) is 9.61. The van der Waals surface area contributed by atoms with Gasteiger partial charge in [0, 0.05) is 6.61 Å². The maximum Gasteiger partial charge on any atom is 0.0752 e. The second-order valence-electron chi connectivity index (χ2n) is 4.84. The Morgan fingerprint density at radius 3 is 2.93 bits per heavy atom. The molecule has 0 aliphatic heterocycles. The van der Waals surface area contributed by atoms with E-state index in [0.29, 0.717) is 12.0 Å². The van der Waals surface area contributed by atoms with E-state index >= 15 is 0 Å². The number of hydrogen-bond donors (Lipinski definition) is 1. The molecule has 0 spiro atoms. The normalized spacial score (nSPS) is 32.3. The molecule has 0 radical (unpaired) electrons. The number of allylic oxidation sites excluding steroid dienone is 1. The predicted octanol–water partition coefficient (Wildman–Crippen LogP) is 2.66. The van der Waals surface area contributed by atoms with E-state index in [0.717, 1.165) is 32.3 Å². The van der Waals surface area contributed by atoms with Crippen molar-refractivity contribution in [2.75, 3.05) is 6.61 Å². The first-order valence-electron chi connectivity index (χ1n) is 6.28. The molecule has 1 N–H and O–H groups in total. The highest BCUT2D eigenvalue weighted by molar-refractivity contribution is 5.13. The lowest BCUT2D eigenvalue weighted by Gasteiger charge is -2.36. The van der Waals surface area contributed by atoms with E-state index in [1.807, 2.05) is 6.92 Å². The van der Waals surface area contributed by atoms with Gasteiger partial charge in [-0.05, 0) is 56.9 Å². The van der Waals surface area contributed by atoms with Crippen LogP contribution in [0.15, 0.2) is 11.6 Å². The Balaban J connectivity index is 1.66. The van der Waals surface area contributed by atoms with E-state index in [9.17, 15) is 5.11 Å². The van der Waals surface area contributed by atoms with Crippen molar-refractivity contribution >= 4 is 0 Å². The molecule has 15 heavy (non-hydrogen) atoms. The average Bonchev–Trinajstić information content (AvgIpc) is 2.67. The number of ether oxygens (including phenoxy) is 1. The van der Waals surface area contributed by atoms with Crippen molar-refractivity contribution in [2.45, 2.75) is 57.7 Å². The molecule has 2 heteroatoms. The van der Waals surface area contributed by atoms with Gasteiger partial charge in [0.25, 0.3) is 0 Å². The van der Waals surface area contributed by atoms with E-state index in [1.54, 1.807) is 0 Å². The second kappa shape index (κ2) is 5.13. The third-order valence-electron chi connectivity index (χ3n) is 3.66. The Hall–Kier alpha value is -0.340. The molecule has 0 aromatic carbocycles. The van der Waals surface area contributed by atoms with Crippen LogP contribution < -0.4 is 0 Å².